The van der Waals surface area contributed by atoms with Gasteiger partial charge in [-0.2, -0.15) is 0 Å². The fraction of sp³-hybridized carbons (Fsp3) is 0.286. The van der Waals surface area contributed by atoms with Crippen LogP contribution in [0.25, 0.3) is 0 Å². The van der Waals surface area contributed by atoms with Gasteiger partial charge in [-0.3, -0.25) is 4.79 Å². The SMILES string of the molecule is COc1ccccc1C(=O)NCC1(c2ccccc2)CCN(C(=NS(C)(=O)=O)Oc2ccccc2)CC1. The Morgan fingerprint density at radius 2 is 1.54 bits per heavy atom. The maximum Gasteiger partial charge on any atom is 0.308 e. The molecule has 0 unspecified atom stereocenters. The molecule has 0 spiro atoms. The first-order valence-corrected chi connectivity index (χ1v) is 13.9. The van der Waals surface area contributed by atoms with E-state index in [9.17, 15) is 13.2 Å². The summed E-state index contributed by atoms with van der Waals surface area (Å²) < 4.78 is 39.2. The Hall–Kier alpha value is -3.85. The first-order valence-electron chi connectivity index (χ1n) is 12.0. The van der Waals surface area contributed by atoms with Crippen molar-refractivity contribution in [2.45, 2.75) is 18.3 Å². The Bertz CT molecular complexity index is 1340. The largest absolute Gasteiger partial charge is 0.496 e. The number of ether oxygens (including phenoxy) is 2. The number of carbonyl (C=O) groups excluding carboxylic acids is 1. The Kier molecular flexibility index (Phi) is 8.13. The third-order valence-electron chi connectivity index (χ3n) is 6.51. The van der Waals surface area contributed by atoms with E-state index in [-0.39, 0.29) is 17.3 Å². The zero-order chi connectivity index (χ0) is 26.3. The molecular weight excluding hydrogens is 490 g/mol. The van der Waals surface area contributed by atoms with E-state index in [1.807, 2.05) is 47.4 Å². The topological polar surface area (TPSA) is 97.3 Å². The molecule has 3 aromatic rings. The van der Waals surface area contributed by atoms with Gasteiger partial charge >= 0.3 is 6.02 Å². The van der Waals surface area contributed by atoms with E-state index in [1.165, 1.54) is 0 Å². The Labute approximate surface area is 218 Å². The van der Waals surface area contributed by atoms with E-state index in [4.69, 9.17) is 9.47 Å². The van der Waals surface area contributed by atoms with Crippen LogP contribution in [0.1, 0.15) is 28.8 Å². The minimum Gasteiger partial charge on any atom is -0.496 e. The molecule has 194 valence electrons. The number of rotatable bonds is 7. The van der Waals surface area contributed by atoms with E-state index < -0.39 is 10.0 Å². The van der Waals surface area contributed by atoms with E-state index in [2.05, 4.69) is 21.8 Å². The lowest BCUT2D eigenvalue weighted by atomic mass is 9.72. The quantitative estimate of drug-likeness (QED) is 0.375. The van der Waals surface area contributed by atoms with Crippen LogP contribution in [0.3, 0.4) is 0 Å². The number of nitrogens with one attached hydrogen (secondary N) is 1. The predicted molar refractivity (Wildman–Crippen MR) is 144 cm³/mol. The van der Waals surface area contributed by atoms with Gasteiger partial charge in [-0.25, -0.2) is 8.42 Å². The van der Waals surface area contributed by atoms with Crippen molar-refractivity contribution in [2.75, 3.05) is 33.0 Å². The number of sulfonamides is 1. The molecule has 0 bridgehead atoms. The fourth-order valence-electron chi connectivity index (χ4n) is 4.54. The van der Waals surface area contributed by atoms with E-state index in [0.717, 1.165) is 11.8 Å². The molecule has 0 saturated carbocycles. The van der Waals surface area contributed by atoms with Crippen molar-refractivity contribution in [3.63, 3.8) is 0 Å². The Morgan fingerprint density at radius 1 is 0.946 bits per heavy atom. The standard InChI is InChI=1S/C28H31N3O5S/c1-35-25-16-10-9-15-24(25)26(32)29-21-28(22-11-5-3-6-12-22)17-19-31(20-18-28)27(30-37(2,33)34)36-23-13-7-4-8-14-23/h3-16H,17-21H2,1-2H3,(H,29,32). The van der Waals surface area contributed by atoms with Gasteiger partial charge in [-0.05, 0) is 42.7 Å². The summed E-state index contributed by atoms with van der Waals surface area (Å²) in [6, 6.07) is 26.2. The van der Waals surface area contributed by atoms with Crippen molar-refractivity contribution in [3.8, 4) is 11.5 Å². The van der Waals surface area contributed by atoms with Crippen molar-refractivity contribution >= 4 is 22.0 Å². The minimum absolute atomic E-state index is 0.0495. The van der Waals surface area contributed by atoms with Crippen LogP contribution in [0.5, 0.6) is 11.5 Å². The van der Waals surface area contributed by atoms with E-state index in [1.54, 1.807) is 37.4 Å². The zero-order valence-corrected chi connectivity index (χ0v) is 21.8. The first kappa shape index (κ1) is 26.2. The summed E-state index contributed by atoms with van der Waals surface area (Å²) in [5.74, 6) is 0.819. The number of likely N-dealkylation sites (tertiary alicyclic amines) is 1. The van der Waals surface area contributed by atoms with Gasteiger partial charge in [0, 0.05) is 25.0 Å². The summed E-state index contributed by atoms with van der Waals surface area (Å²) in [7, 11) is -2.14. The maximum atomic E-state index is 13.1. The van der Waals surface area contributed by atoms with Gasteiger partial charge < -0.3 is 19.7 Å². The summed E-state index contributed by atoms with van der Waals surface area (Å²) >= 11 is 0. The number of amides is 1. The van der Waals surface area contributed by atoms with E-state index in [0.29, 0.717) is 49.5 Å². The number of piperidine rings is 1. The average Bonchev–Trinajstić information content (AvgIpc) is 2.92. The second-order valence-electron chi connectivity index (χ2n) is 9.04. The van der Waals surface area contributed by atoms with Crippen LogP contribution < -0.4 is 14.8 Å². The molecule has 0 atom stereocenters. The van der Waals surface area contributed by atoms with Gasteiger partial charge in [0.15, 0.2) is 0 Å². The summed E-state index contributed by atoms with van der Waals surface area (Å²) in [4.78, 5) is 14.9. The number of nitrogens with zero attached hydrogens (tertiary/aromatic N) is 2. The van der Waals surface area contributed by atoms with Gasteiger partial charge in [-0.1, -0.05) is 60.7 Å². The van der Waals surface area contributed by atoms with Crippen molar-refractivity contribution < 1.29 is 22.7 Å². The third kappa shape index (κ3) is 6.68. The molecule has 8 nitrogen and oxygen atoms in total. The number of methoxy groups -OCH3 is 1. The van der Waals surface area contributed by atoms with Crippen LogP contribution in [-0.2, 0) is 15.4 Å². The van der Waals surface area contributed by atoms with E-state index >= 15 is 0 Å². The number of benzene rings is 3. The summed E-state index contributed by atoms with van der Waals surface area (Å²) in [5.41, 5.74) is 1.24. The molecule has 1 aliphatic rings. The average molecular weight is 522 g/mol. The molecule has 1 amide bonds. The maximum absolute atomic E-state index is 13.1. The summed E-state index contributed by atoms with van der Waals surface area (Å²) in [6.07, 6.45) is 2.36. The van der Waals surface area contributed by atoms with Gasteiger partial charge in [0.05, 0.1) is 18.9 Å². The van der Waals surface area contributed by atoms with Crippen LogP contribution in [0.15, 0.2) is 89.3 Å². The third-order valence-corrected chi connectivity index (χ3v) is 7.00. The second-order valence-corrected chi connectivity index (χ2v) is 10.7. The highest BCUT2D eigenvalue weighted by molar-refractivity contribution is 7.89. The fourth-order valence-corrected chi connectivity index (χ4v) is 4.98. The minimum atomic E-state index is -3.68. The van der Waals surface area contributed by atoms with Crippen molar-refractivity contribution in [3.05, 3.63) is 96.1 Å². The molecule has 1 saturated heterocycles. The number of amidine groups is 1. The van der Waals surface area contributed by atoms with Crippen LogP contribution in [0.2, 0.25) is 0 Å². The zero-order valence-electron chi connectivity index (χ0n) is 21.0. The number of hydrogen-bond donors (Lipinski definition) is 1. The second kappa shape index (κ2) is 11.5. The smallest absolute Gasteiger partial charge is 0.308 e. The normalized spacial score (nSPS) is 15.6. The monoisotopic (exact) mass is 521 g/mol. The summed E-state index contributed by atoms with van der Waals surface area (Å²) in [5, 5.41) is 3.11. The Balaban J connectivity index is 1.55. The molecule has 1 aliphatic heterocycles. The lowest BCUT2D eigenvalue weighted by molar-refractivity contribution is 0.0927. The lowest BCUT2D eigenvalue weighted by Gasteiger charge is -2.42. The molecule has 1 heterocycles. The Morgan fingerprint density at radius 3 is 2.16 bits per heavy atom. The molecule has 0 radical (unpaired) electrons. The molecule has 37 heavy (non-hydrogen) atoms. The molecule has 1 fully saturated rings. The molecule has 9 heteroatoms. The van der Waals surface area contributed by atoms with Crippen molar-refractivity contribution in [1.29, 1.82) is 0 Å². The number of carbonyl (C=O) groups is 1. The van der Waals surface area contributed by atoms with Crippen LogP contribution in [-0.4, -0.2) is 58.2 Å². The highest BCUT2D eigenvalue weighted by atomic mass is 32.2. The summed E-state index contributed by atoms with van der Waals surface area (Å²) in [6.45, 7) is 1.42. The first-order chi connectivity index (χ1) is 17.8. The van der Waals surface area contributed by atoms with Crippen molar-refractivity contribution in [2.24, 2.45) is 4.40 Å². The van der Waals surface area contributed by atoms with Crippen LogP contribution in [0, 0.1) is 0 Å². The number of hydrogen-bond acceptors (Lipinski definition) is 5. The molecule has 0 aliphatic carbocycles. The highest BCUT2D eigenvalue weighted by Gasteiger charge is 2.38. The molecule has 1 N–H and O–H groups in total. The highest BCUT2D eigenvalue weighted by Crippen LogP contribution is 2.35. The number of para-hydroxylation sites is 2. The molecule has 4 rings (SSSR count). The van der Waals surface area contributed by atoms with Gasteiger partial charge in [0.2, 0.25) is 0 Å². The molecular formula is C28H31N3O5S. The predicted octanol–water partition coefficient (Wildman–Crippen LogP) is 3.85. The van der Waals surface area contributed by atoms with Crippen LogP contribution >= 0.6 is 0 Å². The van der Waals surface area contributed by atoms with Crippen LogP contribution in [0.4, 0.5) is 0 Å². The molecule has 3 aromatic carbocycles. The van der Waals surface area contributed by atoms with Gasteiger partial charge in [-0.15, -0.1) is 4.40 Å². The van der Waals surface area contributed by atoms with Gasteiger partial charge in [0.25, 0.3) is 15.9 Å². The molecule has 0 aromatic heterocycles. The van der Waals surface area contributed by atoms with Crippen molar-refractivity contribution in [1.82, 2.24) is 10.2 Å². The van der Waals surface area contributed by atoms with Gasteiger partial charge in [0.1, 0.15) is 11.5 Å². The lowest BCUT2D eigenvalue weighted by Crippen LogP contribution is -2.51.